The topological polar surface area (TPSA) is 78.9 Å². The molecule has 0 rings (SSSR count). The Bertz CT molecular complexity index is 919. The number of halogens is 3. The summed E-state index contributed by atoms with van der Waals surface area (Å²) in [7, 11) is 10.5. The summed E-state index contributed by atoms with van der Waals surface area (Å²) in [5.74, 6) is -0.390. The van der Waals surface area contributed by atoms with Crippen molar-refractivity contribution in [3.8, 4) is 0 Å². The van der Waals surface area contributed by atoms with Gasteiger partial charge in [0.05, 0.1) is 81.2 Å². The first-order valence-electron chi connectivity index (χ1n) is 23.7. The average Bonchev–Trinajstić information content (AvgIpc) is 3.12. The molecule has 0 aromatic rings. The molecule has 0 radical (unpaired) electrons. The maximum absolute atomic E-state index is 13.2. The number of hydrogen-bond acceptors (Lipinski definition) is 6. The van der Waals surface area contributed by atoms with Crippen molar-refractivity contribution in [1.29, 1.82) is 0 Å². The molecule has 0 aliphatic carbocycles. The third kappa shape index (κ3) is 44.1. The molecule has 0 heterocycles. The lowest BCUT2D eigenvalue weighted by Crippen LogP contribution is -3.00. The van der Waals surface area contributed by atoms with Gasteiger partial charge in [-0.15, -0.1) is 0 Å². The van der Waals surface area contributed by atoms with E-state index < -0.39 is 0 Å². The minimum Gasteiger partial charge on any atom is -1.00 e. The SMILES string of the molecule is CCCCCCCCCCOC(=O)C[N+](C)(C)CCC[N+](C)(CCC[N+](C)(C)CC(=O)OCCCCCCCCCC)CC(=O)OCCCCCCCCCC.[Br-].[Br-].[Br-]. The van der Waals surface area contributed by atoms with E-state index in [9.17, 15) is 14.4 Å². The predicted octanol–water partition coefficient (Wildman–Crippen LogP) is 1.43. The third-order valence-electron chi connectivity index (χ3n) is 11.3. The van der Waals surface area contributed by atoms with Crippen LogP contribution in [-0.4, -0.2) is 132 Å². The molecule has 356 valence electrons. The van der Waals surface area contributed by atoms with Gasteiger partial charge >= 0.3 is 17.9 Å². The Kier molecular flexibility index (Phi) is 47.6. The first-order valence-corrected chi connectivity index (χ1v) is 23.7. The highest BCUT2D eigenvalue weighted by Gasteiger charge is 2.30. The van der Waals surface area contributed by atoms with E-state index in [2.05, 4.69) is 56.0 Å². The van der Waals surface area contributed by atoms with Gasteiger partial charge in [-0.3, -0.25) is 0 Å². The Morgan fingerprint density at radius 1 is 0.322 bits per heavy atom. The van der Waals surface area contributed by atoms with Gasteiger partial charge < -0.3 is 78.6 Å². The minimum absolute atomic E-state index is 0. The third-order valence-corrected chi connectivity index (χ3v) is 11.3. The van der Waals surface area contributed by atoms with Crippen LogP contribution in [0.4, 0.5) is 0 Å². The summed E-state index contributed by atoms with van der Waals surface area (Å²) in [6.07, 6.45) is 31.0. The number of hydrogen-bond donors (Lipinski definition) is 0. The molecule has 59 heavy (non-hydrogen) atoms. The highest BCUT2D eigenvalue weighted by Crippen LogP contribution is 2.14. The average molecular weight is 1040 g/mol. The molecular formula is C47H96Br3N3O6. The van der Waals surface area contributed by atoms with Crippen molar-refractivity contribution in [3.05, 3.63) is 0 Å². The first kappa shape index (κ1) is 65.3. The number of ether oxygens (including phenoxy) is 3. The van der Waals surface area contributed by atoms with Crippen molar-refractivity contribution < 1.29 is 93.0 Å². The molecule has 0 aromatic carbocycles. The number of rotatable bonds is 41. The number of carbonyl (C=O) groups is 3. The van der Waals surface area contributed by atoms with Crippen molar-refractivity contribution in [1.82, 2.24) is 0 Å². The van der Waals surface area contributed by atoms with E-state index in [4.69, 9.17) is 14.2 Å². The van der Waals surface area contributed by atoms with Gasteiger partial charge in [0.2, 0.25) is 0 Å². The summed E-state index contributed by atoms with van der Waals surface area (Å²) in [5, 5.41) is 0. The van der Waals surface area contributed by atoms with Crippen LogP contribution < -0.4 is 50.9 Å². The molecule has 0 saturated carbocycles. The van der Waals surface area contributed by atoms with Gasteiger partial charge in [-0.25, -0.2) is 14.4 Å². The van der Waals surface area contributed by atoms with Crippen molar-refractivity contribution in [3.63, 3.8) is 0 Å². The lowest BCUT2D eigenvalue weighted by Gasteiger charge is -2.36. The second-order valence-electron chi connectivity index (χ2n) is 18.7. The van der Waals surface area contributed by atoms with Gasteiger partial charge in [0, 0.05) is 12.8 Å². The zero-order valence-corrected chi connectivity index (χ0v) is 44.6. The zero-order valence-electron chi connectivity index (χ0n) is 39.9. The molecule has 0 aliphatic heterocycles. The van der Waals surface area contributed by atoms with Crippen LogP contribution in [0.25, 0.3) is 0 Å². The summed E-state index contributed by atoms with van der Waals surface area (Å²) < 4.78 is 18.7. The second kappa shape index (κ2) is 43.0. The van der Waals surface area contributed by atoms with E-state index in [0.717, 1.165) is 77.5 Å². The van der Waals surface area contributed by atoms with E-state index in [1.807, 2.05) is 0 Å². The van der Waals surface area contributed by atoms with E-state index in [1.54, 1.807) is 0 Å². The lowest BCUT2D eigenvalue weighted by molar-refractivity contribution is -0.921. The van der Waals surface area contributed by atoms with Crippen LogP contribution in [0.1, 0.15) is 188 Å². The standard InChI is InChI=1S/C47H96N3O6.3BrH/c1-9-12-15-18-21-24-27-30-39-54-45(51)42-48(4,5)35-33-37-50(8,44-47(53)56-41-32-29-26-23-20-17-14-11-3)38-34-36-49(6,7)43-46(52)55-40-31-28-25-22-19-16-13-10-2;;;/h9-44H2,1-8H3;3*1H/q+3;;;/p-3. The Balaban J connectivity index is -0.00000504. The van der Waals surface area contributed by atoms with Crippen LogP contribution in [0.2, 0.25) is 0 Å². The predicted molar refractivity (Wildman–Crippen MR) is 234 cm³/mol. The smallest absolute Gasteiger partial charge is 0.361 e. The van der Waals surface area contributed by atoms with Crippen LogP contribution in [0.3, 0.4) is 0 Å². The number of carbonyl (C=O) groups excluding carboxylic acids is 3. The molecular weight excluding hydrogens is 942 g/mol. The molecule has 12 heteroatoms. The van der Waals surface area contributed by atoms with Gasteiger partial charge in [0.1, 0.15) is 0 Å². The van der Waals surface area contributed by atoms with Crippen LogP contribution in [-0.2, 0) is 28.6 Å². The van der Waals surface area contributed by atoms with Gasteiger partial charge in [-0.2, -0.15) is 0 Å². The fraction of sp³-hybridized carbons (Fsp3) is 0.936. The van der Waals surface area contributed by atoms with Crippen molar-refractivity contribution in [2.24, 2.45) is 0 Å². The highest BCUT2D eigenvalue weighted by atomic mass is 79.9. The maximum Gasteiger partial charge on any atom is 0.361 e. The first-order chi connectivity index (χ1) is 26.8. The van der Waals surface area contributed by atoms with Gasteiger partial charge in [-0.1, -0.05) is 156 Å². The van der Waals surface area contributed by atoms with Gasteiger partial charge in [0.15, 0.2) is 19.6 Å². The maximum atomic E-state index is 13.2. The Labute approximate surface area is 397 Å². The largest absolute Gasteiger partial charge is 1.00 e. The molecule has 9 nitrogen and oxygen atoms in total. The van der Waals surface area contributed by atoms with Gasteiger partial charge in [-0.05, 0) is 19.3 Å². The van der Waals surface area contributed by atoms with Crippen LogP contribution in [0.15, 0.2) is 0 Å². The number of unbranched alkanes of at least 4 members (excludes halogenated alkanes) is 21. The summed E-state index contributed by atoms with van der Waals surface area (Å²) in [6.45, 7) is 12.5. The quantitative estimate of drug-likeness (QED) is 0.0400. The molecule has 0 aliphatic rings. The lowest BCUT2D eigenvalue weighted by atomic mass is 10.1. The summed E-state index contributed by atoms with van der Waals surface area (Å²) in [6, 6.07) is 0. The van der Waals surface area contributed by atoms with E-state index >= 15 is 0 Å². The minimum atomic E-state index is -0.132. The zero-order chi connectivity index (χ0) is 41.8. The molecule has 0 amide bonds. The fourth-order valence-corrected chi connectivity index (χ4v) is 7.60. The fourth-order valence-electron chi connectivity index (χ4n) is 7.60. The normalized spacial score (nSPS) is 11.6. The monoisotopic (exact) mass is 1040 g/mol. The van der Waals surface area contributed by atoms with Crippen LogP contribution in [0.5, 0.6) is 0 Å². The van der Waals surface area contributed by atoms with Crippen LogP contribution in [0, 0.1) is 0 Å². The van der Waals surface area contributed by atoms with E-state index in [0.29, 0.717) is 52.9 Å². The summed E-state index contributed by atoms with van der Waals surface area (Å²) >= 11 is 0. The van der Waals surface area contributed by atoms with Crippen molar-refractivity contribution in [2.45, 2.75) is 188 Å². The molecule has 0 aromatic heterocycles. The van der Waals surface area contributed by atoms with E-state index in [1.165, 1.54) is 116 Å². The second-order valence-corrected chi connectivity index (χ2v) is 18.7. The van der Waals surface area contributed by atoms with E-state index in [-0.39, 0.29) is 68.9 Å². The van der Waals surface area contributed by atoms with Crippen molar-refractivity contribution in [2.75, 3.05) is 101 Å². The number of esters is 3. The van der Waals surface area contributed by atoms with Crippen molar-refractivity contribution >= 4 is 17.9 Å². The number of likely N-dealkylation sites (N-methyl/N-ethyl adjacent to an activating group) is 3. The molecule has 0 fully saturated rings. The molecule has 0 unspecified atom stereocenters. The number of quaternary nitrogens is 3. The molecule has 0 bridgehead atoms. The molecule has 0 N–H and O–H groups in total. The number of nitrogens with zero attached hydrogens (tertiary/aromatic N) is 3. The Morgan fingerprint density at radius 3 is 0.831 bits per heavy atom. The molecule has 0 atom stereocenters. The highest BCUT2D eigenvalue weighted by molar-refractivity contribution is 5.71. The molecule has 0 spiro atoms. The summed E-state index contributed by atoms with van der Waals surface area (Å²) in [4.78, 5) is 38.6. The Morgan fingerprint density at radius 2 is 0.559 bits per heavy atom. The van der Waals surface area contributed by atoms with Crippen LogP contribution >= 0.6 is 0 Å². The van der Waals surface area contributed by atoms with Gasteiger partial charge in [0.25, 0.3) is 0 Å². The summed E-state index contributed by atoms with van der Waals surface area (Å²) in [5.41, 5.74) is 0. The Hall–Kier alpha value is -0.270. The molecule has 0 saturated heterocycles.